The third-order valence-corrected chi connectivity index (χ3v) is 5.26. The molecule has 2 N–H and O–H groups in total. The number of anilines is 1. The van der Waals surface area contributed by atoms with Gasteiger partial charge < -0.3 is 10.0 Å². The molecule has 0 aliphatic carbocycles. The van der Waals surface area contributed by atoms with Crippen molar-refractivity contribution in [3.05, 3.63) is 47.0 Å². The first-order valence-corrected chi connectivity index (χ1v) is 9.10. The minimum Gasteiger partial charge on any atom is -0.483 e. The predicted molar refractivity (Wildman–Crippen MR) is 105 cm³/mol. The molecule has 0 spiro atoms. The van der Waals surface area contributed by atoms with Crippen LogP contribution in [0.4, 0.5) is 5.82 Å². The van der Waals surface area contributed by atoms with Gasteiger partial charge >= 0.3 is 0 Å². The minimum atomic E-state index is -0.250. The van der Waals surface area contributed by atoms with Crippen molar-refractivity contribution in [3.63, 3.8) is 0 Å². The number of fused-ring (bicyclic) bond motifs is 1. The SMILES string of the molecule is Cc1ccc2c(C)cc(N3CCCC(c4ncn[nH]4)C3)nc2c1C.O=CO. The molecule has 1 aliphatic rings. The van der Waals surface area contributed by atoms with Gasteiger partial charge in [0, 0.05) is 24.4 Å². The van der Waals surface area contributed by atoms with E-state index in [0.717, 1.165) is 43.1 Å². The molecule has 1 saturated heterocycles. The summed E-state index contributed by atoms with van der Waals surface area (Å²) in [5.41, 5.74) is 5.00. The molecule has 0 bridgehead atoms. The molecular formula is C20H25N5O2. The molecule has 1 aliphatic heterocycles. The smallest absolute Gasteiger partial charge is 0.290 e. The van der Waals surface area contributed by atoms with Gasteiger partial charge in [-0.2, -0.15) is 5.10 Å². The van der Waals surface area contributed by atoms with Crippen LogP contribution in [-0.2, 0) is 4.79 Å². The summed E-state index contributed by atoms with van der Waals surface area (Å²) in [7, 11) is 0. The fraction of sp³-hybridized carbons (Fsp3) is 0.400. The maximum atomic E-state index is 8.36. The highest BCUT2D eigenvalue weighted by Gasteiger charge is 2.24. The second-order valence-electron chi connectivity index (χ2n) is 6.96. The molecule has 142 valence electrons. The Bertz CT molecular complexity index is 924. The number of aromatic amines is 1. The Morgan fingerprint density at radius 2 is 2.04 bits per heavy atom. The first kappa shape index (κ1) is 18.8. The van der Waals surface area contributed by atoms with Crippen molar-refractivity contribution >= 4 is 23.2 Å². The lowest BCUT2D eigenvalue weighted by atomic mass is 9.97. The van der Waals surface area contributed by atoms with Crippen LogP contribution in [0, 0.1) is 20.8 Å². The van der Waals surface area contributed by atoms with E-state index < -0.39 is 0 Å². The number of aryl methyl sites for hydroxylation is 3. The molecule has 7 nitrogen and oxygen atoms in total. The van der Waals surface area contributed by atoms with Crippen molar-refractivity contribution in [1.82, 2.24) is 20.2 Å². The van der Waals surface area contributed by atoms with Crippen molar-refractivity contribution in [2.45, 2.75) is 39.5 Å². The summed E-state index contributed by atoms with van der Waals surface area (Å²) in [5.74, 6) is 2.47. The van der Waals surface area contributed by atoms with Gasteiger partial charge in [0.1, 0.15) is 18.0 Å². The van der Waals surface area contributed by atoms with Crippen LogP contribution in [0.15, 0.2) is 24.5 Å². The standard InChI is InChI=1S/C19H23N5.CH2O2/c1-12-6-7-16-13(2)9-17(22-18(16)14(12)3)24-8-4-5-15(10-24)19-20-11-21-23-19;2-1-3/h6-7,9,11,15H,4-5,8,10H2,1-3H3,(H,20,21,23);1H,(H,2,3). The number of carbonyl (C=O) groups is 1. The molecule has 1 fully saturated rings. The van der Waals surface area contributed by atoms with Gasteiger partial charge in [-0.15, -0.1) is 0 Å². The summed E-state index contributed by atoms with van der Waals surface area (Å²) in [5, 5.41) is 15.2. The third-order valence-electron chi connectivity index (χ3n) is 5.26. The van der Waals surface area contributed by atoms with Crippen LogP contribution in [0.2, 0.25) is 0 Å². The number of benzene rings is 1. The van der Waals surface area contributed by atoms with Crippen LogP contribution in [-0.4, -0.2) is 44.8 Å². The first-order valence-electron chi connectivity index (χ1n) is 9.10. The number of nitrogens with zero attached hydrogens (tertiary/aromatic N) is 4. The van der Waals surface area contributed by atoms with Gasteiger partial charge in [0.2, 0.25) is 0 Å². The summed E-state index contributed by atoms with van der Waals surface area (Å²) in [4.78, 5) is 20.1. The second-order valence-corrected chi connectivity index (χ2v) is 6.96. The van der Waals surface area contributed by atoms with Crippen molar-refractivity contribution in [1.29, 1.82) is 0 Å². The van der Waals surface area contributed by atoms with Gasteiger partial charge in [-0.05, 0) is 56.4 Å². The second kappa shape index (κ2) is 8.16. The Balaban J connectivity index is 0.000000659. The number of hydrogen-bond acceptors (Lipinski definition) is 5. The maximum Gasteiger partial charge on any atom is 0.290 e. The van der Waals surface area contributed by atoms with E-state index in [1.165, 1.54) is 22.1 Å². The van der Waals surface area contributed by atoms with E-state index in [2.05, 4.69) is 59.1 Å². The van der Waals surface area contributed by atoms with Crippen molar-refractivity contribution < 1.29 is 9.90 Å². The number of nitrogens with one attached hydrogen (secondary N) is 1. The van der Waals surface area contributed by atoms with Crippen LogP contribution < -0.4 is 4.90 Å². The maximum absolute atomic E-state index is 8.36. The Morgan fingerprint density at radius 1 is 1.26 bits per heavy atom. The fourth-order valence-corrected chi connectivity index (χ4v) is 3.66. The number of carboxylic acid groups (broad SMARTS) is 1. The van der Waals surface area contributed by atoms with E-state index in [-0.39, 0.29) is 6.47 Å². The minimum absolute atomic E-state index is 0.250. The van der Waals surface area contributed by atoms with Gasteiger partial charge in [-0.25, -0.2) is 9.97 Å². The number of piperidine rings is 1. The molecule has 27 heavy (non-hydrogen) atoms. The highest BCUT2D eigenvalue weighted by atomic mass is 16.3. The molecule has 0 amide bonds. The van der Waals surface area contributed by atoms with Gasteiger partial charge in [-0.1, -0.05) is 12.1 Å². The molecular weight excluding hydrogens is 342 g/mol. The lowest BCUT2D eigenvalue weighted by Gasteiger charge is -2.33. The summed E-state index contributed by atoms with van der Waals surface area (Å²) in [6, 6.07) is 6.60. The monoisotopic (exact) mass is 367 g/mol. The largest absolute Gasteiger partial charge is 0.483 e. The number of pyridine rings is 1. The van der Waals surface area contributed by atoms with Gasteiger partial charge in [-0.3, -0.25) is 9.89 Å². The zero-order valence-electron chi connectivity index (χ0n) is 15.9. The lowest BCUT2D eigenvalue weighted by Crippen LogP contribution is -2.35. The van der Waals surface area contributed by atoms with E-state index in [0.29, 0.717) is 5.92 Å². The molecule has 1 atom stereocenters. The molecule has 0 saturated carbocycles. The summed E-state index contributed by atoms with van der Waals surface area (Å²) in [6.07, 6.45) is 3.90. The highest BCUT2D eigenvalue weighted by molar-refractivity contribution is 5.87. The summed E-state index contributed by atoms with van der Waals surface area (Å²) in [6.45, 7) is 8.24. The third kappa shape index (κ3) is 3.92. The Hall–Kier alpha value is -2.96. The molecule has 1 unspecified atom stereocenters. The Morgan fingerprint density at radius 3 is 2.74 bits per heavy atom. The molecule has 4 rings (SSSR count). The van der Waals surface area contributed by atoms with E-state index in [4.69, 9.17) is 14.9 Å². The highest BCUT2D eigenvalue weighted by Crippen LogP contribution is 2.31. The summed E-state index contributed by atoms with van der Waals surface area (Å²) >= 11 is 0. The average molecular weight is 367 g/mol. The fourth-order valence-electron chi connectivity index (χ4n) is 3.66. The number of hydrogen-bond donors (Lipinski definition) is 2. The van der Waals surface area contributed by atoms with Gasteiger partial charge in [0.25, 0.3) is 6.47 Å². The zero-order valence-corrected chi connectivity index (χ0v) is 15.9. The molecule has 3 heterocycles. The first-order chi connectivity index (χ1) is 13.0. The van der Waals surface area contributed by atoms with Crippen LogP contribution in [0.25, 0.3) is 10.9 Å². The Kier molecular flexibility index (Phi) is 5.69. The van der Waals surface area contributed by atoms with Crippen LogP contribution >= 0.6 is 0 Å². The molecule has 3 aromatic rings. The van der Waals surface area contributed by atoms with Crippen molar-refractivity contribution in [3.8, 4) is 0 Å². The molecule has 7 heteroatoms. The number of rotatable bonds is 2. The van der Waals surface area contributed by atoms with Gasteiger partial charge in [0.15, 0.2) is 0 Å². The van der Waals surface area contributed by atoms with E-state index >= 15 is 0 Å². The lowest BCUT2D eigenvalue weighted by molar-refractivity contribution is -0.122. The quantitative estimate of drug-likeness (QED) is 0.675. The summed E-state index contributed by atoms with van der Waals surface area (Å²) < 4.78 is 0. The van der Waals surface area contributed by atoms with E-state index in [1.807, 2.05) is 0 Å². The molecule has 0 radical (unpaired) electrons. The molecule has 1 aromatic carbocycles. The Labute approximate surface area is 158 Å². The van der Waals surface area contributed by atoms with E-state index in [9.17, 15) is 0 Å². The van der Waals surface area contributed by atoms with Crippen LogP contribution in [0.1, 0.15) is 41.3 Å². The van der Waals surface area contributed by atoms with Crippen molar-refractivity contribution in [2.24, 2.45) is 0 Å². The van der Waals surface area contributed by atoms with Crippen molar-refractivity contribution in [2.75, 3.05) is 18.0 Å². The average Bonchev–Trinajstić information content (AvgIpc) is 3.20. The zero-order chi connectivity index (χ0) is 19.4. The topological polar surface area (TPSA) is 95.0 Å². The van der Waals surface area contributed by atoms with Crippen LogP contribution in [0.3, 0.4) is 0 Å². The number of H-pyrrole nitrogens is 1. The normalized spacial score (nSPS) is 16.7. The van der Waals surface area contributed by atoms with Gasteiger partial charge in [0.05, 0.1) is 5.52 Å². The number of aromatic nitrogens is 4. The van der Waals surface area contributed by atoms with Crippen LogP contribution in [0.5, 0.6) is 0 Å². The predicted octanol–water partition coefficient (Wildman–Crippen LogP) is 3.36. The molecule has 2 aromatic heterocycles. The van der Waals surface area contributed by atoms with E-state index in [1.54, 1.807) is 6.33 Å².